The van der Waals surface area contributed by atoms with Gasteiger partial charge in [-0.1, -0.05) is 6.92 Å². The molecule has 1 fully saturated rings. The Morgan fingerprint density at radius 3 is 2.49 bits per heavy atom. The Bertz CT molecular complexity index is 1370. The van der Waals surface area contributed by atoms with E-state index in [1.54, 1.807) is 29.6 Å². The minimum absolute atomic E-state index is 0.146. The normalized spacial score (nSPS) is 15.8. The average Bonchev–Trinajstić information content (AvgIpc) is 3.15. The van der Waals surface area contributed by atoms with E-state index in [9.17, 15) is 13.2 Å². The number of hydrogen-bond acceptors (Lipinski definition) is 7. The van der Waals surface area contributed by atoms with Crippen molar-refractivity contribution < 1.29 is 13.2 Å². The molecule has 3 aromatic rings. The summed E-state index contributed by atoms with van der Waals surface area (Å²) in [6, 6.07) is 5.10. The van der Waals surface area contributed by atoms with E-state index in [1.165, 1.54) is 4.31 Å². The van der Waals surface area contributed by atoms with Crippen molar-refractivity contribution in [3.63, 3.8) is 0 Å². The zero-order valence-corrected chi connectivity index (χ0v) is 21.9. The number of hydrogen-bond donors (Lipinski definition) is 1. The molecular weight excluding hydrogens is 468 g/mol. The first-order valence-electron chi connectivity index (χ1n) is 12.2. The van der Waals surface area contributed by atoms with Crippen molar-refractivity contribution in [2.45, 2.75) is 58.4 Å². The summed E-state index contributed by atoms with van der Waals surface area (Å²) in [5, 5.41) is 4.66. The number of sulfonamides is 1. The van der Waals surface area contributed by atoms with Crippen molar-refractivity contribution >= 4 is 15.5 Å². The number of aromatic amines is 1. The highest BCUT2D eigenvalue weighted by Crippen LogP contribution is 2.31. The molecule has 3 heterocycles. The monoisotopic (exact) mass is 502 g/mol. The van der Waals surface area contributed by atoms with Gasteiger partial charge in [-0.3, -0.25) is 9.69 Å². The summed E-state index contributed by atoms with van der Waals surface area (Å²) in [5.41, 5.74) is 1.09. The van der Waals surface area contributed by atoms with Crippen LogP contribution in [0.25, 0.3) is 16.9 Å². The third kappa shape index (κ3) is 4.85. The molecule has 1 aliphatic rings. The molecule has 0 amide bonds. The number of piperazine rings is 1. The van der Waals surface area contributed by atoms with Crippen LogP contribution in [0.1, 0.15) is 45.6 Å². The van der Waals surface area contributed by atoms with E-state index in [-0.39, 0.29) is 16.3 Å². The third-order valence-corrected chi connectivity index (χ3v) is 8.26. The van der Waals surface area contributed by atoms with Gasteiger partial charge in [-0.05, 0) is 52.3 Å². The highest BCUT2D eigenvalue weighted by molar-refractivity contribution is 7.89. The molecule has 1 N–H and O–H groups in total. The summed E-state index contributed by atoms with van der Waals surface area (Å²) >= 11 is 0. The maximum Gasteiger partial charge on any atom is 0.277 e. The van der Waals surface area contributed by atoms with Gasteiger partial charge in [-0.15, -0.1) is 5.10 Å². The van der Waals surface area contributed by atoms with Gasteiger partial charge in [-0.2, -0.15) is 4.31 Å². The maximum atomic E-state index is 13.5. The molecule has 0 spiro atoms. The number of nitrogens with zero attached hydrogens (tertiary/aromatic N) is 5. The molecule has 190 valence electrons. The summed E-state index contributed by atoms with van der Waals surface area (Å²) < 4.78 is 35.9. The van der Waals surface area contributed by atoms with E-state index < -0.39 is 10.0 Å². The average molecular weight is 503 g/mol. The highest BCUT2D eigenvalue weighted by atomic mass is 32.2. The van der Waals surface area contributed by atoms with Crippen molar-refractivity contribution in [1.29, 1.82) is 0 Å². The lowest BCUT2D eigenvalue weighted by Gasteiger charge is -2.36. The molecule has 1 saturated heterocycles. The van der Waals surface area contributed by atoms with Gasteiger partial charge >= 0.3 is 0 Å². The van der Waals surface area contributed by atoms with Gasteiger partial charge in [-0.25, -0.2) is 17.9 Å². The van der Waals surface area contributed by atoms with Crippen molar-refractivity contribution in [1.82, 2.24) is 28.8 Å². The fourth-order valence-electron chi connectivity index (χ4n) is 4.49. The molecular formula is C24H34N6O4S. The molecule has 4 rings (SSSR count). The van der Waals surface area contributed by atoms with Crippen LogP contribution in [-0.4, -0.2) is 76.0 Å². The van der Waals surface area contributed by atoms with Crippen molar-refractivity contribution in [2.75, 3.05) is 32.8 Å². The Labute approximate surface area is 206 Å². The van der Waals surface area contributed by atoms with Crippen LogP contribution in [0, 0.1) is 6.92 Å². The predicted octanol–water partition coefficient (Wildman–Crippen LogP) is 2.46. The molecule has 0 bridgehead atoms. The smallest absolute Gasteiger partial charge is 0.277 e. The Morgan fingerprint density at radius 2 is 1.86 bits per heavy atom. The maximum absolute atomic E-state index is 13.5. The molecule has 1 aliphatic heterocycles. The zero-order valence-electron chi connectivity index (χ0n) is 21.0. The van der Waals surface area contributed by atoms with Crippen LogP contribution < -0.4 is 10.3 Å². The van der Waals surface area contributed by atoms with Crippen LogP contribution in [0.3, 0.4) is 0 Å². The number of imidazole rings is 1. The molecule has 1 aromatic carbocycles. The SMILES string of the molecule is CCCc1nc(C)c2c(=O)[nH]c(-c3cc(S(=O)(=O)N4CCN(C(C)C)CC4)ccc3OCC)nn12. The van der Waals surface area contributed by atoms with Gasteiger partial charge in [0.05, 0.1) is 22.8 Å². The van der Waals surface area contributed by atoms with Gasteiger partial charge in [0.1, 0.15) is 11.6 Å². The lowest BCUT2D eigenvalue weighted by atomic mass is 10.2. The van der Waals surface area contributed by atoms with Gasteiger partial charge in [0.15, 0.2) is 11.3 Å². The lowest BCUT2D eigenvalue weighted by molar-refractivity contribution is 0.154. The van der Waals surface area contributed by atoms with Crippen molar-refractivity contribution in [3.05, 3.63) is 40.1 Å². The first-order chi connectivity index (χ1) is 16.7. The first-order valence-corrected chi connectivity index (χ1v) is 13.6. The second-order valence-electron chi connectivity index (χ2n) is 9.05. The summed E-state index contributed by atoms with van der Waals surface area (Å²) in [7, 11) is -3.73. The van der Waals surface area contributed by atoms with E-state index >= 15 is 0 Å². The Balaban J connectivity index is 1.79. The number of nitrogens with one attached hydrogen (secondary N) is 1. The van der Waals surface area contributed by atoms with E-state index in [4.69, 9.17) is 4.74 Å². The fourth-order valence-corrected chi connectivity index (χ4v) is 5.94. The number of ether oxygens (including phenoxy) is 1. The molecule has 10 nitrogen and oxygen atoms in total. The molecule has 0 aliphatic carbocycles. The van der Waals surface area contributed by atoms with Crippen molar-refractivity contribution in [3.8, 4) is 17.1 Å². The topological polar surface area (TPSA) is 113 Å². The molecule has 2 aromatic heterocycles. The van der Waals surface area contributed by atoms with Gasteiger partial charge in [0.25, 0.3) is 5.56 Å². The third-order valence-electron chi connectivity index (χ3n) is 6.36. The molecule has 0 atom stereocenters. The van der Waals surface area contributed by atoms with Gasteiger partial charge in [0.2, 0.25) is 10.0 Å². The quantitative estimate of drug-likeness (QED) is 0.503. The second-order valence-corrected chi connectivity index (χ2v) is 11.0. The Hall–Kier alpha value is -2.76. The van der Waals surface area contributed by atoms with Crippen LogP contribution in [0.5, 0.6) is 5.75 Å². The molecule has 0 unspecified atom stereocenters. The van der Waals surface area contributed by atoms with E-state index in [0.717, 1.165) is 6.42 Å². The number of aryl methyl sites for hydroxylation is 2. The molecule has 11 heteroatoms. The minimum atomic E-state index is -3.73. The molecule has 0 radical (unpaired) electrons. The fraction of sp³-hybridized carbons (Fsp3) is 0.542. The number of H-pyrrole nitrogens is 1. The largest absolute Gasteiger partial charge is 0.493 e. The first kappa shape index (κ1) is 25.3. The van der Waals surface area contributed by atoms with E-state index in [2.05, 4.69) is 33.8 Å². The molecule has 0 saturated carbocycles. The second kappa shape index (κ2) is 10.1. The van der Waals surface area contributed by atoms with Gasteiger partial charge in [0, 0.05) is 38.6 Å². The van der Waals surface area contributed by atoms with Gasteiger partial charge < -0.3 is 9.72 Å². The van der Waals surface area contributed by atoms with Crippen LogP contribution >= 0.6 is 0 Å². The van der Waals surface area contributed by atoms with Crippen molar-refractivity contribution in [2.24, 2.45) is 0 Å². The number of fused-ring (bicyclic) bond motifs is 1. The number of aromatic nitrogens is 4. The Morgan fingerprint density at radius 1 is 1.14 bits per heavy atom. The summed E-state index contributed by atoms with van der Waals surface area (Å²) in [4.78, 5) is 22.7. The van der Waals surface area contributed by atoms with Crippen LogP contribution in [0.15, 0.2) is 27.9 Å². The zero-order chi connectivity index (χ0) is 25.3. The number of rotatable bonds is 8. The summed E-state index contributed by atoms with van der Waals surface area (Å²) in [5.74, 6) is 1.38. The summed E-state index contributed by atoms with van der Waals surface area (Å²) in [6.45, 7) is 12.5. The van der Waals surface area contributed by atoms with E-state index in [0.29, 0.717) is 73.6 Å². The standard InChI is InChI=1S/C24H34N6O4S/c1-6-8-21-25-17(5)22-24(31)26-23(27-30(21)22)19-15-18(9-10-20(19)34-7-2)35(32,33)29-13-11-28(12-14-29)16(3)4/h9-10,15-16H,6-8,11-14H2,1-5H3,(H,26,27,31). The highest BCUT2D eigenvalue weighted by Gasteiger charge is 2.30. The van der Waals surface area contributed by atoms with Crippen LogP contribution in [0.4, 0.5) is 0 Å². The lowest BCUT2D eigenvalue weighted by Crippen LogP contribution is -2.50. The van der Waals surface area contributed by atoms with Crippen LogP contribution in [-0.2, 0) is 16.4 Å². The van der Waals surface area contributed by atoms with Crippen LogP contribution in [0.2, 0.25) is 0 Å². The minimum Gasteiger partial charge on any atom is -0.493 e. The summed E-state index contributed by atoms with van der Waals surface area (Å²) in [6.07, 6.45) is 1.52. The van der Waals surface area contributed by atoms with E-state index in [1.807, 2.05) is 13.8 Å². The number of benzene rings is 1. The predicted molar refractivity (Wildman–Crippen MR) is 134 cm³/mol. The Kier molecular flexibility index (Phi) is 7.30. The molecule has 35 heavy (non-hydrogen) atoms.